The summed E-state index contributed by atoms with van der Waals surface area (Å²) in [5.41, 5.74) is 2.88. The van der Waals surface area contributed by atoms with E-state index in [1.807, 2.05) is 54.6 Å². The summed E-state index contributed by atoms with van der Waals surface area (Å²) in [7, 11) is 0. The summed E-state index contributed by atoms with van der Waals surface area (Å²) >= 11 is 17.8. The van der Waals surface area contributed by atoms with Crippen LogP contribution in [-0.4, -0.2) is 11.8 Å². The summed E-state index contributed by atoms with van der Waals surface area (Å²) < 4.78 is 16.5. The number of ether oxygens (including phenoxy) is 3. The van der Waals surface area contributed by atoms with E-state index in [9.17, 15) is 0 Å². The van der Waals surface area contributed by atoms with Crippen molar-refractivity contribution in [2.24, 2.45) is 0 Å². The number of halogens is 2. The molecule has 29 heavy (non-hydrogen) atoms. The molecule has 3 aromatic carbocycles. The number of thiocarbonyl (C=S) groups is 1. The lowest BCUT2D eigenvalue weighted by molar-refractivity contribution is 0.174. The van der Waals surface area contributed by atoms with Crippen molar-refractivity contribution < 1.29 is 14.2 Å². The van der Waals surface area contributed by atoms with Crippen LogP contribution in [0.25, 0.3) is 0 Å². The molecule has 0 aliphatic carbocycles. The monoisotopic (exact) mass is 445 g/mol. The minimum absolute atomic E-state index is 0.259. The van der Waals surface area contributed by atoms with E-state index in [0.717, 1.165) is 28.2 Å². The fourth-order valence-electron chi connectivity index (χ4n) is 2.84. The second-order valence-corrected chi connectivity index (χ2v) is 7.68. The van der Waals surface area contributed by atoms with Gasteiger partial charge < -0.3 is 19.5 Å². The molecule has 1 heterocycles. The van der Waals surface area contributed by atoms with E-state index in [2.05, 4.69) is 5.32 Å². The van der Waals surface area contributed by atoms with Gasteiger partial charge in [0, 0.05) is 17.1 Å². The summed E-state index contributed by atoms with van der Waals surface area (Å²) in [4.78, 5) is 0.605. The van der Waals surface area contributed by atoms with Crippen LogP contribution >= 0.6 is 35.4 Å². The van der Waals surface area contributed by atoms with Gasteiger partial charge in [-0.15, -0.1) is 0 Å². The molecule has 0 saturated carbocycles. The number of nitrogens with one attached hydrogen (secondary N) is 1. The Morgan fingerprint density at radius 3 is 2.48 bits per heavy atom. The minimum atomic E-state index is 0.259. The van der Waals surface area contributed by atoms with Crippen molar-refractivity contribution in [2.75, 3.05) is 6.79 Å². The molecule has 0 fully saturated rings. The van der Waals surface area contributed by atoms with E-state index in [0.29, 0.717) is 33.9 Å². The molecule has 0 atom stereocenters. The standard InChI is InChI=1S/C22H17Cl2NO3S/c23-17-5-1-14(2-6-17)12-26-19-8-4-16(10-18(19)24)22(29)25-11-15-3-7-20-21(9-15)28-13-27-20/h1-10H,11-13H2,(H,25,29). The highest BCUT2D eigenvalue weighted by molar-refractivity contribution is 7.80. The molecule has 4 rings (SSSR count). The van der Waals surface area contributed by atoms with Crippen molar-refractivity contribution in [1.82, 2.24) is 5.32 Å². The molecule has 7 heteroatoms. The third-order valence-corrected chi connectivity index (χ3v) is 5.32. The van der Waals surface area contributed by atoms with Crippen LogP contribution in [0.1, 0.15) is 16.7 Å². The van der Waals surface area contributed by atoms with Crippen molar-refractivity contribution in [3.05, 3.63) is 87.4 Å². The fourth-order valence-corrected chi connectivity index (χ4v) is 3.40. The molecule has 0 spiro atoms. The smallest absolute Gasteiger partial charge is 0.231 e. The van der Waals surface area contributed by atoms with Gasteiger partial charge in [0.25, 0.3) is 0 Å². The van der Waals surface area contributed by atoms with E-state index >= 15 is 0 Å². The minimum Gasteiger partial charge on any atom is -0.487 e. The van der Waals surface area contributed by atoms with Crippen LogP contribution in [0.3, 0.4) is 0 Å². The van der Waals surface area contributed by atoms with Gasteiger partial charge in [-0.3, -0.25) is 0 Å². The Labute approximate surface area is 184 Å². The lowest BCUT2D eigenvalue weighted by atomic mass is 10.1. The first kappa shape index (κ1) is 19.8. The lowest BCUT2D eigenvalue weighted by Crippen LogP contribution is -2.21. The molecule has 1 N–H and O–H groups in total. The van der Waals surface area contributed by atoms with Gasteiger partial charge in [-0.25, -0.2) is 0 Å². The number of benzene rings is 3. The van der Waals surface area contributed by atoms with Gasteiger partial charge in [-0.1, -0.05) is 53.6 Å². The molecule has 1 aliphatic heterocycles. The molecule has 0 radical (unpaired) electrons. The van der Waals surface area contributed by atoms with Crippen LogP contribution in [0.4, 0.5) is 0 Å². The molecular formula is C22H17Cl2NO3S. The van der Waals surface area contributed by atoms with E-state index in [1.54, 1.807) is 6.07 Å². The molecule has 148 valence electrons. The van der Waals surface area contributed by atoms with Gasteiger partial charge in [0.05, 0.1) is 5.02 Å². The summed E-state index contributed by atoms with van der Waals surface area (Å²) in [6, 6.07) is 18.8. The zero-order valence-corrected chi connectivity index (χ0v) is 17.6. The fraction of sp³-hybridized carbons (Fsp3) is 0.136. The number of rotatable bonds is 6. The number of fused-ring (bicyclic) bond motifs is 1. The van der Waals surface area contributed by atoms with Gasteiger partial charge in [0.1, 0.15) is 17.3 Å². The van der Waals surface area contributed by atoms with Crippen LogP contribution in [-0.2, 0) is 13.2 Å². The Hall–Kier alpha value is -2.47. The van der Waals surface area contributed by atoms with Crippen LogP contribution in [0.2, 0.25) is 10.0 Å². The Bertz CT molecular complexity index is 1040. The van der Waals surface area contributed by atoms with Gasteiger partial charge in [0.15, 0.2) is 11.5 Å². The van der Waals surface area contributed by atoms with Gasteiger partial charge in [-0.05, 0) is 53.6 Å². The topological polar surface area (TPSA) is 39.7 Å². The quantitative estimate of drug-likeness (QED) is 0.487. The van der Waals surface area contributed by atoms with Crippen LogP contribution < -0.4 is 19.5 Å². The Balaban J connectivity index is 1.35. The lowest BCUT2D eigenvalue weighted by Gasteiger charge is -2.12. The highest BCUT2D eigenvalue weighted by Crippen LogP contribution is 2.32. The average Bonchev–Trinajstić information content (AvgIpc) is 3.20. The molecular weight excluding hydrogens is 429 g/mol. The number of hydrogen-bond donors (Lipinski definition) is 1. The van der Waals surface area contributed by atoms with Crippen LogP contribution in [0.5, 0.6) is 17.2 Å². The predicted octanol–water partition coefficient (Wildman–Crippen LogP) is 5.77. The zero-order chi connectivity index (χ0) is 20.2. The number of hydrogen-bond acceptors (Lipinski definition) is 4. The Morgan fingerprint density at radius 2 is 1.69 bits per heavy atom. The third kappa shape index (κ3) is 4.93. The van der Waals surface area contributed by atoms with E-state index in [-0.39, 0.29) is 6.79 Å². The second kappa shape index (κ2) is 8.91. The van der Waals surface area contributed by atoms with Gasteiger partial charge in [0.2, 0.25) is 6.79 Å². The van der Waals surface area contributed by atoms with E-state index in [4.69, 9.17) is 49.6 Å². The highest BCUT2D eigenvalue weighted by atomic mass is 35.5. The van der Waals surface area contributed by atoms with Crippen molar-refractivity contribution in [3.8, 4) is 17.2 Å². The maximum absolute atomic E-state index is 6.38. The molecule has 0 unspecified atom stereocenters. The Morgan fingerprint density at radius 1 is 0.931 bits per heavy atom. The molecule has 0 aromatic heterocycles. The maximum atomic E-state index is 6.38. The Kier molecular flexibility index (Phi) is 6.09. The largest absolute Gasteiger partial charge is 0.487 e. The van der Waals surface area contributed by atoms with E-state index in [1.165, 1.54) is 0 Å². The first-order valence-electron chi connectivity index (χ1n) is 8.92. The van der Waals surface area contributed by atoms with Crippen molar-refractivity contribution in [3.63, 3.8) is 0 Å². The first-order valence-corrected chi connectivity index (χ1v) is 10.1. The third-order valence-electron chi connectivity index (χ3n) is 4.39. The SMILES string of the molecule is S=C(NCc1ccc2c(c1)OCO2)c1ccc(OCc2ccc(Cl)cc2)c(Cl)c1. The first-order chi connectivity index (χ1) is 14.1. The zero-order valence-electron chi connectivity index (χ0n) is 15.3. The van der Waals surface area contributed by atoms with Crippen LogP contribution in [0, 0.1) is 0 Å². The summed E-state index contributed by atoms with van der Waals surface area (Å²) in [5.74, 6) is 2.11. The summed E-state index contributed by atoms with van der Waals surface area (Å²) in [6.07, 6.45) is 0. The molecule has 3 aromatic rings. The summed E-state index contributed by atoms with van der Waals surface area (Å²) in [6.45, 7) is 1.24. The second-order valence-electron chi connectivity index (χ2n) is 6.43. The molecule has 0 bridgehead atoms. The molecule has 0 amide bonds. The summed E-state index contributed by atoms with van der Waals surface area (Å²) in [5, 5.41) is 4.44. The molecule has 4 nitrogen and oxygen atoms in total. The predicted molar refractivity (Wildman–Crippen MR) is 118 cm³/mol. The van der Waals surface area contributed by atoms with Gasteiger partial charge in [-0.2, -0.15) is 0 Å². The maximum Gasteiger partial charge on any atom is 0.231 e. The van der Waals surface area contributed by atoms with Crippen molar-refractivity contribution >= 4 is 40.4 Å². The molecule has 0 saturated heterocycles. The highest BCUT2D eigenvalue weighted by Gasteiger charge is 2.13. The normalized spacial score (nSPS) is 11.9. The average molecular weight is 446 g/mol. The van der Waals surface area contributed by atoms with Gasteiger partial charge >= 0.3 is 0 Å². The van der Waals surface area contributed by atoms with Crippen molar-refractivity contribution in [2.45, 2.75) is 13.2 Å². The van der Waals surface area contributed by atoms with Crippen LogP contribution in [0.15, 0.2) is 60.7 Å². The van der Waals surface area contributed by atoms with E-state index < -0.39 is 0 Å². The van der Waals surface area contributed by atoms with Crippen molar-refractivity contribution in [1.29, 1.82) is 0 Å². The molecule has 1 aliphatic rings.